The van der Waals surface area contributed by atoms with Crippen LogP contribution in [-0.4, -0.2) is 33.2 Å². The van der Waals surface area contributed by atoms with E-state index >= 15 is 0 Å². The van der Waals surface area contributed by atoms with Crippen molar-refractivity contribution in [3.63, 3.8) is 0 Å². The Morgan fingerprint density at radius 3 is 2.91 bits per heavy atom. The summed E-state index contributed by atoms with van der Waals surface area (Å²) in [4.78, 5) is 15.0. The lowest BCUT2D eigenvalue weighted by atomic mass is 10.1. The number of nitrogens with one attached hydrogen (secondary N) is 1. The van der Waals surface area contributed by atoms with Gasteiger partial charge in [0.15, 0.2) is 0 Å². The van der Waals surface area contributed by atoms with E-state index in [9.17, 15) is 4.79 Å². The molecule has 1 aliphatic rings. The van der Waals surface area contributed by atoms with Gasteiger partial charge in [0.1, 0.15) is 5.82 Å². The van der Waals surface area contributed by atoms with Crippen LogP contribution in [-0.2, 0) is 4.79 Å². The van der Waals surface area contributed by atoms with E-state index < -0.39 is 0 Å². The molecule has 0 unspecified atom stereocenters. The summed E-state index contributed by atoms with van der Waals surface area (Å²) in [6, 6.07) is 4.45. The molecule has 5 nitrogen and oxygen atoms in total. The van der Waals surface area contributed by atoms with Crippen molar-refractivity contribution >= 4 is 23.1 Å². The van der Waals surface area contributed by atoms with E-state index in [2.05, 4.69) is 46.0 Å². The van der Waals surface area contributed by atoms with Crippen molar-refractivity contribution in [3.8, 4) is 0 Å². The highest BCUT2D eigenvalue weighted by Crippen LogP contribution is 2.34. The quantitative estimate of drug-likeness (QED) is 0.908. The Morgan fingerprint density at radius 1 is 1.39 bits per heavy atom. The average Bonchev–Trinajstić information content (AvgIpc) is 3.26. The number of thiophene rings is 1. The predicted octanol–water partition coefficient (Wildman–Crippen LogP) is 3.69. The van der Waals surface area contributed by atoms with Gasteiger partial charge in [0.2, 0.25) is 5.91 Å². The zero-order chi connectivity index (χ0) is 16.4. The number of hydrogen-bond acceptors (Lipinski definition) is 4. The largest absolute Gasteiger partial charge is 0.310 e. The molecule has 3 heterocycles. The Labute approximate surface area is 141 Å². The van der Waals surface area contributed by atoms with Gasteiger partial charge >= 0.3 is 0 Å². The third kappa shape index (κ3) is 3.33. The lowest BCUT2D eigenvalue weighted by Crippen LogP contribution is -2.41. The highest BCUT2D eigenvalue weighted by molar-refractivity contribution is 7.07. The van der Waals surface area contributed by atoms with Crippen molar-refractivity contribution in [2.75, 3.05) is 11.9 Å². The number of carbonyl (C=O) groups is 1. The second kappa shape index (κ2) is 6.84. The smallest absolute Gasteiger partial charge is 0.242 e. The van der Waals surface area contributed by atoms with Gasteiger partial charge < -0.3 is 5.32 Å². The Morgan fingerprint density at radius 2 is 2.22 bits per heavy atom. The number of rotatable bonds is 5. The molecule has 0 bridgehead atoms. The van der Waals surface area contributed by atoms with Gasteiger partial charge in [0.25, 0.3) is 0 Å². The second-order valence-corrected chi connectivity index (χ2v) is 7.15. The van der Waals surface area contributed by atoms with Crippen LogP contribution in [0.15, 0.2) is 29.1 Å². The Bertz CT molecular complexity index is 649. The Kier molecular flexibility index (Phi) is 4.82. The van der Waals surface area contributed by atoms with Crippen LogP contribution in [0.2, 0.25) is 0 Å². The van der Waals surface area contributed by atoms with Gasteiger partial charge in [-0.2, -0.15) is 16.4 Å². The van der Waals surface area contributed by atoms with Gasteiger partial charge in [-0.05, 0) is 62.5 Å². The summed E-state index contributed by atoms with van der Waals surface area (Å²) in [6.45, 7) is 7.08. The fourth-order valence-corrected chi connectivity index (χ4v) is 3.99. The molecule has 6 heteroatoms. The van der Waals surface area contributed by atoms with Crippen LogP contribution in [0.3, 0.4) is 0 Å². The molecule has 23 heavy (non-hydrogen) atoms. The van der Waals surface area contributed by atoms with Crippen molar-refractivity contribution in [3.05, 3.63) is 34.7 Å². The van der Waals surface area contributed by atoms with Crippen molar-refractivity contribution in [1.82, 2.24) is 14.7 Å². The molecule has 3 rings (SSSR count). The molecular formula is C17H24N4OS. The van der Waals surface area contributed by atoms with Crippen LogP contribution in [0, 0.1) is 0 Å². The number of hydrogen-bond donors (Lipinski definition) is 1. The lowest BCUT2D eigenvalue weighted by molar-refractivity contribution is -0.121. The Hall–Kier alpha value is -1.66. The van der Waals surface area contributed by atoms with Crippen LogP contribution >= 0.6 is 11.3 Å². The normalized spacial score (nSPS) is 20.1. The molecule has 1 aliphatic heterocycles. The topological polar surface area (TPSA) is 50.2 Å². The minimum Gasteiger partial charge on any atom is -0.310 e. The van der Waals surface area contributed by atoms with E-state index in [-0.39, 0.29) is 18.0 Å². The molecule has 2 aromatic rings. The molecule has 124 valence electrons. The maximum atomic E-state index is 12.7. The van der Waals surface area contributed by atoms with Crippen molar-refractivity contribution in [2.45, 2.75) is 51.7 Å². The summed E-state index contributed by atoms with van der Waals surface area (Å²) in [7, 11) is 0. The third-order valence-electron chi connectivity index (χ3n) is 4.51. The molecule has 1 N–H and O–H groups in total. The summed E-state index contributed by atoms with van der Waals surface area (Å²) in [5.41, 5.74) is 1.33. The zero-order valence-electron chi connectivity index (χ0n) is 13.9. The van der Waals surface area contributed by atoms with Crippen LogP contribution in [0.25, 0.3) is 0 Å². The molecule has 0 aliphatic carbocycles. The average molecular weight is 332 g/mol. The fourth-order valence-electron chi connectivity index (χ4n) is 3.28. The number of nitrogens with zero attached hydrogens (tertiary/aromatic N) is 3. The van der Waals surface area contributed by atoms with Crippen molar-refractivity contribution in [1.29, 1.82) is 0 Å². The van der Waals surface area contributed by atoms with E-state index in [0.717, 1.165) is 25.2 Å². The molecule has 1 saturated heterocycles. The molecule has 0 spiro atoms. The molecule has 1 amide bonds. The minimum atomic E-state index is -0.155. The van der Waals surface area contributed by atoms with Gasteiger partial charge in [0.05, 0.1) is 12.2 Å². The minimum absolute atomic E-state index is 0.0366. The van der Waals surface area contributed by atoms with E-state index in [4.69, 9.17) is 0 Å². The first kappa shape index (κ1) is 16.2. The van der Waals surface area contributed by atoms with Crippen LogP contribution in [0.4, 0.5) is 5.82 Å². The first-order valence-corrected chi connectivity index (χ1v) is 9.14. The number of aromatic nitrogens is 2. The summed E-state index contributed by atoms with van der Waals surface area (Å²) in [5.74, 6) is 0.803. The van der Waals surface area contributed by atoms with Crippen LogP contribution in [0.5, 0.6) is 0 Å². The third-order valence-corrected chi connectivity index (χ3v) is 5.21. The van der Waals surface area contributed by atoms with Crippen molar-refractivity contribution < 1.29 is 4.79 Å². The summed E-state index contributed by atoms with van der Waals surface area (Å²) in [6.07, 6.45) is 3.99. The monoisotopic (exact) mass is 332 g/mol. The number of anilines is 1. The maximum absolute atomic E-state index is 12.7. The summed E-state index contributed by atoms with van der Waals surface area (Å²) >= 11 is 1.72. The SMILES string of the molecule is CC(C)n1nccc1NC(=O)[C@H](C)N1CCC[C@@H]1c1ccsc1. The molecule has 2 aromatic heterocycles. The molecule has 2 atom stereocenters. The fraction of sp³-hybridized carbons (Fsp3) is 0.529. The van der Waals surface area contributed by atoms with E-state index in [1.54, 1.807) is 17.5 Å². The number of carbonyl (C=O) groups excluding carboxylic acids is 1. The molecule has 0 radical (unpaired) electrons. The summed E-state index contributed by atoms with van der Waals surface area (Å²) < 4.78 is 1.84. The molecular weight excluding hydrogens is 308 g/mol. The molecule has 1 fully saturated rings. The molecule has 0 saturated carbocycles. The standard InChI is InChI=1S/C17H24N4OS/c1-12(2)21-16(6-8-18-21)19-17(22)13(3)20-9-4-5-15(20)14-7-10-23-11-14/h6-8,10-13,15H,4-5,9H2,1-3H3,(H,19,22)/t13-,15+/m0/s1. The number of likely N-dealkylation sites (tertiary alicyclic amines) is 1. The van der Waals surface area contributed by atoms with E-state index in [1.165, 1.54) is 5.56 Å². The van der Waals surface area contributed by atoms with Gasteiger partial charge in [-0.1, -0.05) is 0 Å². The highest BCUT2D eigenvalue weighted by atomic mass is 32.1. The van der Waals surface area contributed by atoms with Crippen LogP contribution < -0.4 is 5.32 Å². The Balaban J connectivity index is 1.70. The van der Waals surface area contributed by atoms with Gasteiger partial charge in [-0.3, -0.25) is 9.69 Å². The van der Waals surface area contributed by atoms with Gasteiger partial charge in [-0.25, -0.2) is 4.68 Å². The maximum Gasteiger partial charge on any atom is 0.242 e. The summed E-state index contributed by atoms with van der Waals surface area (Å²) in [5, 5.41) is 11.6. The number of amides is 1. The first-order valence-electron chi connectivity index (χ1n) is 8.20. The van der Waals surface area contributed by atoms with Crippen molar-refractivity contribution in [2.24, 2.45) is 0 Å². The van der Waals surface area contributed by atoms with E-state index in [1.807, 2.05) is 17.7 Å². The van der Waals surface area contributed by atoms with Gasteiger partial charge in [-0.15, -0.1) is 0 Å². The highest BCUT2D eigenvalue weighted by Gasteiger charge is 2.33. The van der Waals surface area contributed by atoms with Crippen LogP contribution in [0.1, 0.15) is 51.3 Å². The predicted molar refractivity (Wildman–Crippen MR) is 93.7 cm³/mol. The van der Waals surface area contributed by atoms with E-state index in [0.29, 0.717) is 6.04 Å². The first-order chi connectivity index (χ1) is 11.1. The molecule has 0 aromatic carbocycles. The zero-order valence-corrected chi connectivity index (χ0v) is 14.7. The lowest BCUT2D eigenvalue weighted by Gasteiger charge is -2.29. The van der Waals surface area contributed by atoms with Gasteiger partial charge in [0, 0.05) is 18.2 Å². The second-order valence-electron chi connectivity index (χ2n) is 6.37.